The Balaban J connectivity index is 1.72. The molecule has 1 saturated carbocycles. The molecule has 0 atom stereocenters. The third-order valence-electron chi connectivity index (χ3n) is 3.72. The van der Waals surface area contributed by atoms with Gasteiger partial charge in [0.05, 0.1) is 0 Å². The van der Waals surface area contributed by atoms with Crippen LogP contribution in [0, 0.1) is 19.7 Å². The van der Waals surface area contributed by atoms with Gasteiger partial charge in [0, 0.05) is 12.6 Å². The Kier molecular flexibility index (Phi) is 3.93. The zero-order valence-corrected chi connectivity index (χ0v) is 12.4. The van der Waals surface area contributed by atoms with Gasteiger partial charge in [-0.2, -0.15) is 0 Å². The van der Waals surface area contributed by atoms with E-state index in [2.05, 4.69) is 5.32 Å². The Morgan fingerprint density at radius 2 is 1.86 bits per heavy atom. The van der Waals surface area contributed by atoms with Gasteiger partial charge in [-0.1, -0.05) is 23.8 Å². The molecule has 0 radical (unpaired) electrons. The van der Waals surface area contributed by atoms with E-state index in [4.69, 9.17) is 4.74 Å². The minimum atomic E-state index is -0.315. The molecule has 2 nitrogen and oxygen atoms in total. The molecule has 0 heterocycles. The van der Waals surface area contributed by atoms with Crippen molar-refractivity contribution < 1.29 is 9.13 Å². The molecule has 1 fully saturated rings. The van der Waals surface area contributed by atoms with Crippen molar-refractivity contribution >= 4 is 0 Å². The molecule has 3 rings (SSSR count). The largest absolute Gasteiger partial charge is 0.454 e. The Morgan fingerprint density at radius 3 is 2.52 bits per heavy atom. The number of aryl methyl sites for hydroxylation is 2. The molecule has 1 aliphatic carbocycles. The summed E-state index contributed by atoms with van der Waals surface area (Å²) in [6, 6.07) is 11.7. The highest BCUT2D eigenvalue weighted by Crippen LogP contribution is 2.28. The monoisotopic (exact) mass is 285 g/mol. The van der Waals surface area contributed by atoms with E-state index < -0.39 is 0 Å². The molecular weight excluding hydrogens is 265 g/mol. The predicted molar refractivity (Wildman–Crippen MR) is 82.3 cm³/mol. The maximum Gasteiger partial charge on any atom is 0.166 e. The lowest BCUT2D eigenvalue weighted by atomic mass is 10.1. The number of halogens is 1. The number of ether oxygens (including phenoxy) is 1. The molecule has 2 aromatic rings. The Labute approximate surface area is 125 Å². The molecule has 21 heavy (non-hydrogen) atoms. The first kappa shape index (κ1) is 14.1. The van der Waals surface area contributed by atoms with Crippen LogP contribution < -0.4 is 10.1 Å². The van der Waals surface area contributed by atoms with Crippen LogP contribution in [0.25, 0.3) is 0 Å². The summed E-state index contributed by atoms with van der Waals surface area (Å²) < 4.78 is 19.8. The van der Waals surface area contributed by atoms with Gasteiger partial charge in [-0.3, -0.25) is 0 Å². The summed E-state index contributed by atoms with van der Waals surface area (Å²) in [7, 11) is 0. The number of rotatable bonds is 5. The van der Waals surface area contributed by atoms with Crippen molar-refractivity contribution in [2.45, 2.75) is 39.3 Å². The minimum Gasteiger partial charge on any atom is -0.454 e. The summed E-state index contributed by atoms with van der Waals surface area (Å²) in [5.74, 6) is 0.658. The van der Waals surface area contributed by atoms with Crippen molar-refractivity contribution in [1.29, 1.82) is 0 Å². The fourth-order valence-corrected chi connectivity index (χ4v) is 2.32. The highest BCUT2D eigenvalue weighted by molar-refractivity contribution is 5.40. The lowest BCUT2D eigenvalue weighted by Gasteiger charge is -2.11. The molecule has 2 aromatic carbocycles. The van der Waals surface area contributed by atoms with E-state index in [-0.39, 0.29) is 11.6 Å². The zero-order valence-electron chi connectivity index (χ0n) is 12.4. The first-order chi connectivity index (χ1) is 10.1. The average molecular weight is 285 g/mol. The molecule has 3 heteroatoms. The predicted octanol–water partition coefficient (Wildman–Crippen LogP) is 4.49. The van der Waals surface area contributed by atoms with Gasteiger partial charge in [-0.15, -0.1) is 0 Å². The van der Waals surface area contributed by atoms with Crippen LogP contribution in [0.5, 0.6) is 11.5 Å². The number of benzene rings is 2. The van der Waals surface area contributed by atoms with Crippen LogP contribution >= 0.6 is 0 Å². The maximum atomic E-state index is 14.1. The van der Waals surface area contributed by atoms with Crippen molar-refractivity contribution in [3.8, 4) is 11.5 Å². The van der Waals surface area contributed by atoms with Gasteiger partial charge in [-0.25, -0.2) is 4.39 Å². The molecule has 0 aliphatic heterocycles. The normalized spacial score (nSPS) is 14.2. The molecule has 1 aliphatic rings. The van der Waals surface area contributed by atoms with Gasteiger partial charge in [-0.05, 0) is 56.0 Å². The Morgan fingerprint density at radius 1 is 1.10 bits per heavy atom. The maximum absolute atomic E-state index is 14.1. The van der Waals surface area contributed by atoms with E-state index in [1.54, 1.807) is 12.1 Å². The van der Waals surface area contributed by atoms with Gasteiger partial charge < -0.3 is 10.1 Å². The van der Waals surface area contributed by atoms with Crippen molar-refractivity contribution in [2.75, 3.05) is 0 Å². The van der Waals surface area contributed by atoms with Gasteiger partial charge in [0.2, 0.25) is 0 Å². The van der Waals surface area contributed by atoms with E-state index in [1.807, 2.05) is 38.1 Å². The molecule has 0 aromatic heterocycles. The quantitative estimate of drug-likeness (QED) is 0.874. The molecule has 0 spiro atoms. The topological polar surface area (TPSA) is 21.3 Å². The molecule has 0 unspecified atom stereocenters. The summed E-state index contributed by atoms with van der Waals surface area (Å²) in [4.78, 5) is 0. The zero-order chi connectivity index (χ0) is 14.8. The van der Waals surface area contributed by atoms with Crippen LogP contribution in [0.3, 0.4) is 0 Å². The lowest BCUT2D eigenvalue weighted by Crippen LogP contribution is -2.15. The summed E-state index contributed by atoms with van der Waals surface area (Å²) >= 11 is 0. The lowest BCUT2D eigenvalue weighted by molar-refractivity contribution is 0.438. The Hall–Kier alpha value is -1.87. The van der Waals surface area contributed by atoms with Crippen LogP contribution in [0.1, 0.15) is 29.5 Å². The molecule has 1 N–H and O–H groups in total. The van der Waals surface area contributed by atoms with Crippen molar-refractivity contribution in [3.63, 3.8) is 0 Å². The van der Waals surface area contributed by atoms with Crippen LogP contribution in [-0.2, 0) is 6.54 Å². The van der Waals surface area contributed by atoms with Gasteiger partial charge in [0.1, 0.15) is 5.75 Å². The first-order valence-corrected chi connectivity index (χ1v) is 7.39. The summed E-state index contributed by atoms with van der Waals surface area (Å²) in [6.45, 7) is 4.71. The summed E-state index contributed by atoms with van der Waals surface area (Å²) in [5.41, 5.74) is 3.13. The van der Waals surface area contributed by atoms with Crippen molar-refractivity contribution in [1.82, 2.24) is 5.32 Å². The Bertz CT molecular complexity index is 650. The van der Waals surface area contributed by atoms with E-state index in [9.17, 15) is 4.39 Å². The fourth-order valence-electron chi connectivity index (χ4n) is 2.32. The SMILES string of the molecule is Cc1ccc(Oc2ccc(CNC3CC3)cc2F)c(C)c1. The van der Waals surface area contributed by atoms with Crippen LogP contribution in [0.2, 0.25) is 0 Å². The van der Waals surface area contributed by atoms with Crippen LogP contribution in [-0.4, -0.2) is 6.04 Å². The third-order valence-corrected chi connectivity index (χ3v) is 3.72. The van der Waals surface area contributed by atoms with Crippen molar-refractivity contribution in [3.05, 3.63) is 58.9 Å². The second-order valence-corrected chi connectivity index (χ2v) is 5.79. The van der Waals surface area contributed by atoms with Crippen LogP contribution in [0.15, 0.2) is 36.4 Å². The first-order valence-electron chi connectivity index (χ1n) is 7.39. The smallest absolute Gasteiger partial charge is 0.166 e. The third kappa shape index (κ3) is 3.61. The summed E-state index contributed by atoms with van der Waals surface area (Å²) in [5, 5.41) is 3.38. The molecular formula is C18H20FNO. The highest BCUT2D eigenvalue weighted by Gasteiger charge is 2.20. The number of hydrogen-bond donors (Lipinski definition) is 1. The number of hydrogen-bond acceptors (Lipinski definition) is 2. The molecule has 0 amide bonds. The highest BCUT2D eigenvalue weighted by atomic mass is 19.1. The second-order valence-electron chi connectivity index (χ2n) is 5.79. The van der Waals surface area contributed by atoms with Gasteiger partial charge in [0.25, 0.3) is 0 Å². The molecule has 0 bridgehead atoms. The summed E-state index contributed by atoms with van der Waals surface area (Å²) in [6.07, 6.45) is 2.47. The van der Waals surface area contributed by atoms with E-state index >= 15 is 0 Å². The van der Waals surface area contributed by atoms with Crippen LogP contribution in [0.4, 0.5) is 4.39 Å². The van der Waals surface area contributed by atoms with E-state index in [0.717, 1.165) is 11.1 Å². The van der Waals surface area contributed by atoms with Crippen molar-refractivity contribution in [2.24, 2.45) is 0 Å². The van der Waals surface area contributed by atoms with Gasteiger partial charge in [0.15, 0.2) is 11.6 Å². The van der Waals surface area contributed by atoms with E-state index in [1.165, 1.54) is 18.4 Å². The molecule has 110 valence electrons. The van der Waals surface area contributed by atoms with Gasteiger partial charge >= 0.3 is 0 Å². The fraction of sp³-hybridized carbons (Fsp3) is 0.333. The average Bonchev–Trinajstić information content (AvgIpc) is 3.26. The minimum absolute atomic E-state index is 0.275. The second kappa shape index (κ2) is 5.86. The number of nitrogens with one attached hydrogen (secondary N) is 1. The molecule has 0 saturated heterocycles. The standard InChI is InChI=1S/C18H20FNO/c1-12-3-7-17(13(2)9-12)21-18-8-4-14(10-16(18)19)11-20-15-5-6-15/h3-4,7-10,15,20H,5-6,11H2,1-2H3. The van der Waals surface area contributed by atoms with E-state index in [0.29, 0.717) is 18.3 Å².